The lowest BCUT2D eigenvalue weighted by molar-refractivity contribution is -0.113. The first-order valence-corrected chi connectivity index (χ1v) is 10.8. The number of carbonyl (C=O) groups is 1. The highest BCUT2D eigenvalue weighted by atomic mass is 79.9. The summed E-state index contributed by atoms with van der Waals surface area (Å²) in [5, 5.41) is 13.3. The number of fused-ring (bicyclic) bond motifs is 3. The third kappa shape index (κ3) is 3.95. The molecule has 0 aliphatic carbocycles. The monoisotopic (exact) mass is 470 g/mol. The zero-order valence-corrected chi connectivity index (χ0v) is 18.6. The third-order valence-electron chi connectivity index (χ3n) is 4.65. The molecule has 0 saturated carbocycles. The number of amides is 1. The summed E-state index contributed by atoms with van der Waals surface area (Å²) in [7, 11) is 1.64. The van der Waals surface area contributed by atoms with Crippen LogP contribution in [0.5, 0.6) is 5.75 Å². The highest BCUT2D eigenvalue weighted by molar-refractivity contribution is 9.10. The predicted molar refractivity (Wildman–Crippen MR) is 120 cm³/mol. The number of halogens is 1. The number of ether oxygens (including phenoxy) is 1. The summed E-state index contributed by atoms with van der Waals surface area (Å²) in [6.45, 7) is 4.03. The van der Waals surface area contributed by atoms with Crippen LogP contribution in [-0.4, -0.2) is 33.4 Å². The van der Waals surface area contributed by atoms with Crippen LogP contribution in [0.2, 0.25) is 0 Å². The number of aryl methyl sites for hydroxylation is 2. The molecule has 1 N–H and O–H groups in total. The minimum atomic E-state index is -0.0949. The Bertz CT molecular complexity index is 1240. The van der Waals surface area contributed by atoms with Crippen molar-refractivity contribution >= 4 is 55.8 Å². The Hall–Kier alpha value is -2.58. The van der Waals surface area contributed by atoms with Gasteiger partial charge in [0.15, 0.2) is 10.8 Å². The molecule has 4 rings (SSSR count). The van der Waals surface area contributed by atoms with Crippen LogP contribution in [-0.2, 0) is 4.79 Å². The SMILES string of the molecule is COc1ccc2c(C)cc3nnc(SCC(=O)Nc4ccc(Br)c(C)c4)n3c2c1. The molecule has 1 amide bonds. The molecule has 29 heavy (non-hydrogen) atoms. The number of nitrogens with one attached hydrogen (secondary N) is 1. The maximum Gasteiger partial charge on any atom is 0.234 e. The van der Waals surface area contributed by atoms with Gasteiger partial charge >= 0.3 is 0 Å². The fourth-order valence-corrected chi connectivity index (χ4v) is 4.17. The average Bonchev–Trinajstić information content (AvgIpc) is 3.12. The van der Waals surface area contributed by atoms with Crippen molar-refractivity contribution in [2.75, 3.05) is 18.2 Å². The molecule has 0 aliphatic rings. The van der Waals surface area contributed by atoms with Crippen LogP contribution in [0.15, 0.2) is 52.1 Å². The molecule has 6 nitrogen and oxygen atoms in total. The van der Waals surface area contributed by atoms with Gasteiger partial charge in [0.25, 0.3) is 0 Å². The normalized spacial score (nSPS) is 11.2. The van der Waals surface area contributed by atoms with Crippen LogP contribution in [0.1, 0.15) is 11.1 Å². The van der Waals surface area contributed by atoms with Gasteiger partial charge in [-0.2, -0.15) is 0 Å². The van der Waals surface area contributed by atoms with Gasteiger partial charge in [-0.1, -0.05) is 27.7 Å². The summed E-state index contributed by atoms with van der Waals surface area (Å²) in [6, 6.07) is 13.7. The highest BCUT2D eigenvalue weighted by Crippen LogP contribution is 2.29. The molecule has 0 saturated heterocycles. The smallest absolute Gasteiger partial charge is 0.234 e. The number of nitrogens with zero attached hydrogens (tertiary/aromatic N) is 3. The molecule has 4 aromatic rings. The molecule has 2 aromatic carbocycles. The first-order valence-electron chi connectivity index (χ1n) is 8.97. The Morgan fingerprint density at radius 3 is 2.72 bits per heavy atom. The zero-order chi connectivity index (χ0) is 20.5. The van der Waals surface area contributed by atoms with Crippen LogP contribution < -0.4 is 10.1 Å². The third-order valence-corrected chi connectivity index (χ3v) is 6.47. The fourth-order valence-electron chi connectivity index (χ4n) is 3.17. The lowest BCUT2D eigenvalue weighted by Gasteiger charge is -2.09. The Morgan fingerprint density at radius 2 is 1.97 bits per heavy atom. The van der Waals surface area contributed by atoms with Crippen molar-refractivity contribution < 1.29 is 9.53 Å². The van der Waals surface area contributed by atoms with Gasteiger partial charge in [-0.15, -0.1) is 10.2 Å². The second-order valence-electron chi connectivity index (χ2n) is 6.69. The predicted octanol–water partition coefficient (Wildman–Crippen LogP) is 5.00. The minimum absolute atomic E-state index is 0.0949. The molecule has 0 spiro atoms. The van der Waals surface area contributed by atoms with Crippen molar-refractivity contribution in [2.24, 2.45) is 0 Å². The van der Waals surface area contributed by atoms with Gasteiger partial charge in [-0.3, -0.25) is 9.20 Å². The number of benzene rings is 2. The Kier molecular flexibility index (Phi) is 5.47. The van der Waals surface area contributed by atoms with E-state index in [1.807, 2.05) is 60.7 Å². The first-order chi connectivity index (χ1) is 14.0. The van der Waals surface area contributed by atoms with Crippen LogP contribution in [0.4, 0.5) is 5.69 Å². The van der Waals surface area contributed by atoms with E-state index in [0.29, 0.717) is 5.16 Å². The van der Waals surface area contributed by atoms with Crippen molar-refractivity contribution in [1.29, 1.82) is 0 Å². The number of anilines is 1. The summed E-state index contributed by atoms with van der Waals surface area (Å²) in [4.78, 5) is 12.4. The Morgan fingerprint density at radius 1 is 1.14 bits per heavy atom. The number of pyridine rings is 1. The van der Waals surface area contributed by atoms with Crippen LogP contribution in [0.25, 0.3) is 16.6 Å². The van der Waals surface area contributed by atoms with E-state index in [4.69, 9.17) is 4.74 Å². The van der Waals surface area contributed by atoms with Crippen molar-refractivity contribution in [3.8, 4) is 5.75 Å². The van der Waals surface area contributed by atoms with Crippen molar-refractivity contribution in [2.45, 2.75) is 19.0 Å². The molecule has 0 fully saturated rings. The summed E-state index contributed by atoms with van der Waals surface area (Å²) >= 11 is 4.82. The number of carbonyl (C=O) groups excluding carboxylic acids is 1. The van der Waals surface area contributed by atoms with E-state index < -0.39 is 0 Å². The molecule has 0 radical (unpaired) electrons. The van der Waals surface area contributed by atoms with Gasteiger partial charge in [-0.25, -0.2) is 0 Å². The standard InChI is InChI=1S/C21H19BrN4O2S/c1-12-9-19-24-25-21(26(19)18-10-15(28-3)5-6-16(12)18)29-11-20(27)23-14-4-7-17(22)13(2)8-14/h4-10H,11H2,1-3H3,(H,23,27). The highest BCUT2D eigenvalue weighted by Gasteiger charge is 2.14. The quantitative estimate of drug-likeness (QED) is 0.415. The average molecular weight is 471 g/mol. The van der Waals surface area contributed by atoms with Crippen molar-refractivity contribution in [1.82, 2.24) is 14.6 Å². The molecule has 0 unspecified atom stereocenters. The number of hydrogen-bond acceptors (Lipinski definition) is 5. The second kappa shape index (κ2) is 8.04. The lowest BCUT2D eigenvalue weighted by Crippen LogP contribution is -2.14. The van der Waals surface area contributed by atoms with Crippen molar-refractivity contribution in [3.63, 3.8) is 0 Å². The lowest BCUT2D eigenvalue weighted by atomic mass is 10.1. The van der Waals surface area contributed by atoms with E-state index in [1.54, 1.807) is 7.11 Å². The van der Waals surface area contributed by atoms with E-state index >= 15 is 0 Å². The van der Waals surface area contributed by atoms with E-state index in [1.165, 1.54) is 11.8 Å². The summed E-state index contributed by atoms with van der Waals surface area (Å²) in [5.74, 6) is 0.898. The van der Waals surface area contributed by atoms with Crippen LogP contribution >= 0.6 is 27.7 Å². The molecule has 148 valence electrons. The molecular formula is C21H19BrN4O2S. The van der Waals surface area contributed by atoms with Crippen LogP contribution in [0.3, 0.4) is 0 Å². The number of thioether (sulfide) groups is 1. The Labute approximate surface area is 180 Å². The molecule has 2 heterocycles. The molecule has 2 aromatic heterocycles. The van der Waals surface area contributed by atoms with E-state index in [9.17, 15) is 4.79 Å². The van der Waals surface area contributed by atoms with Gasteiger partial charge in [0.05, 0.1) is 18.4 Å². The number of hydrogen-bond donors (Lipinski definition) is 1. The molecule has 0 bridgehead atoms. The van der Waals surface area contributed by atoms with Crippen molar-refractivity contribution in [3.05, 3.63) is 58.1 Å². The zero-order valence-electron chi connectivity index (χ0n) is 16.2. The molecule has 0 aliphatic heterocycles. The summed E-state index contributed by atoms with van der Waals surface area (Å²) < 4.78 is 8.36. The fraction of sp³-hybridized carbons (Fsp3) is 0.190. The van der Waals surface area contributed by atoms with Gasteiger partial charge in [0, 0.05) is 21.6 Å². The van der Waals surface area contributed by atoms with Gasteiger partial charge in [-0.05, 0) is 61.4 Å². The molecule has 8 heteroatoms. The maximum atomic E-state index is 12.4. The Balaban J connectivity index is 1.60. The molecular weight excluding hydrogens is 452 g/mol. The number of aromatic nitrogens is 3. The van der Waals surface area contributed by atoms with Gasteiger partial charge in [0.2, 0.25) is 5.91 Å². The summed E-state index contributed by atoms with van der Waals surface area (Å²) in [5.41, 5.74) is 4.65. The number of rotatable bonds is 5. The van der Waals surface area contributed by atoms with E-state index in [0.717, 1.165) is 43.6 Å². The van der Waals surface area contributed by atoms with Gasteiger partial charge in [0.1, 0.15) is 5.75 Å². The van der Waals surface area contributed by atoms with E-state index in [2.05, 4.69) is 31.4 Å². The topological polar surface area (TPSA) is 68.5 Å². The minimum Gasteiger partial charge on any atom is -0.497 e. The summed E-state index contributed by atoms with van der Waals surface area (Å²) in [6.07, 6.45) is 0. The largest absolute Gasteiger partial charge is 0.497 e. The second-order valence-corrected chi connectivity index (χ2v) is 8.48. The first kappa shape index (κ1) is 19.7. The van der Waals surface area contributed by atoms with E-state index in [-0.39, 0.29) is 11.7 Å². The van der Waals surface area contributed by atoms with Gasteiger partial charge < -0.3 is 10.1 Å². The number of methoxy groups -OCH3 is 1. The molecule has 0 atom stereocenters. The van der Waals surface area contributed by atoms with Crippen LogP contribution in [0, 0.1) is 13.8 Å². The maximum absolute atomic E-state index is 12.4.